The minimum Gasteiger partial charge on any atom is -0.507 e. The first-order valence-corrected chi connectivity index (χ1v) is 7.60. The van der Waals surface area contributed by atoms with Gasteiger partial charge in [0.15, 0.2) is 0 Å². The van der Waals surface area contributed by atoms with Crippen LogP contribution in [0.3, 0.4) is 0 Å². The number of nitrogens with one attached hydrogen (secondary N) is 1. The molecule has 0 aliphatic carbocycles. The maximum Gasteiger partial charge on any atom is 0.343 e. The van der Waals surface area contributed by atoms with Gasteiger partial charge in [-0.1, -0.05) is 29.8 Å². The Morgan fingerprint density at radius 1 is 1.16 bits per heavy atom. The number of aliphatic hydroxyl groups excluding tert-OH is 1. The lowest BCUT2D eigenvalue weighted by Gasteiger charge is -2.09. The van der Waals surface area contributed by atoms with E-state index >= 15 is 0 Å². The Morgan fingerprint density at radius 2 is 1.76 bits per heavy atom. The van der Waals surface area contributed by atoms with Crippen LogP contribution in [0, 0.1) is 11.2 Å². The lowest BCUT2D eigenvalue weighted by atomic mass is 10.0. The van der Waals surface area contributed by atoms with Crippen molar-refractivity contribution in [2.75, 3.05) is 7.11 Å². The normalized spacial score (nSPS) is 12.0. The van der Waals surface area contributed by atoms with Gasteiger partial charge in [-0.2, -0.15) is 0 Å². The third-order valence-corrected chi connectivity index (χ3v) is 3.58. The van der Waals surface area contributed by atoms with Crippen LogP contribution >= 0.6 is 11.6 Å². The number of benzene rings is 2. The second kappa shape index (κ2) is 8.26. The Morgan fingerprint density at radius 3 is 2.32 bits per heavy atom. The minimum absolute atomic E-state index is 0.272. The van der Waals surface area contributed by atoms with Crippen molar-refractivity contribution in [1.82, 2.24) is 0 Å². The Labute approximate surface area is 149 Å². The summed E-state index contributed by atoms with van der Waals surface area (Å²) in [6, 6.07) is 11.9. The van der Waals surface area contributed by atoms with Gasteiger partial charge in [-0.15, -0.1) is 0 Å². The number of methoxy groups -OCH3 is 1. The number of esters is 1. The van der Waals surface area contributed by atoms with E-state index in [-0.39, 0.29) is 16.8 Å². The van der Waals surface area contributed by atoms with E-state index < -0.39 is 17.5 Å². The molecule has 0 unspecified atom stereocenters. The van der Waals surface area contributed by atoms with Crippen molar-refractivity contribution in [1.29, 1.82) is 5.41 Å². The number of aliphatic hydroxyl groups is 1. The Bertz CT molecular complexity index is 840. The van der Waals surface area contributed by atoms with E-state index in [1.165, 1.54) is 30.3 Å². The highest BCUT2D eigenvalue weighted by Gasteiger charge is 2.21. The summed E-state index contributed by atoms with van der Waals surface area (Å²) >= 11 is 5.81. The summed E-state index contributed by atoms with van der Waals surface area (Å²) in [4.78, 5) is 12.0. The van der Waals surface area contributed by atoms with Crippen molar-refractivity contribution >= 4 is 29.4 Å². The summed E-state index contributed by atoms with van der Waals surface area (Å²) in [5, 5.41) is 19.0. The van der Waals surface area contributed by atoms with Gasteiger partial charge in [0.05, 0.1) is 12.8 Å². The van der Waals surface area contributed by atoms with Crippen molar-refractivity contribution < 1.29 is 19.0 Å². The van der Waals surface area contributed by atoms with Gasteiger partial charge >= 0.3 is 5.97 Å². The van der Waals surface area contributed by atoms with Crippen molar-refractivity contribution in [3.63, 3.8) is 0 Å². The monoisotopic (exact) mass is 359 g/mol. The quantitative estimate of drug-likeness (QED) is 0.270. The highest BCUT2D eigenvalue weighted by molar-refractivity contribution is 6.30. The molecular weight excluding hydrogens is 345 g/mol. The number of rotatable bonds is 5. The van der Waals surface area contributed by atoms with Crippen LogP contribution in [0.1, 0.15) is 11.1 Å². The van der Waals surface area contributed by atoms with Gasteiger partial charge in [0, 0.05) is 10.6 Å². The molecule has 0 heterocycles. The molecule has 2 aromatic rings. The average molecular weight is 360 g/mol. The molecule has 25 heavy (non-hydrogen) atoms. The standard InChI is InChI=1S/C19H15ClFNO3/c1-25-19(24)17(18(22)13-5-9-15(21)10-6-13)16(23)11-4-12-2-7-14(20)8-3-12/h2-11,22-23H,1H3/b11-4+,17-16?,22-18?. The number of ether oxygens (including phenoxy) is 1. The summed E-state index contributed by atoms with van der Waals surface area (Å²) in [5.41, 5.74) is 0.422. The second-order valence-electron chi connectivity index (χ2n) is 5.02. The minimum atomic E-state index is -0.868. The van der Waals surface area contributed by atoms with E-state index in [1.54, 1.807) is 30.3 Å². The van der Waals surface area contributed by atoms with E-state index in [0.29, 0.717) is 5.02 Å². The molecule has 0 fully saturated rings. The summed E-state index contributed by atoms with van der Waals surface area (Å²) in [6.45, 7) is 0. The summed E-state index contributed by atoms with van der Waals surface area (Å²) in [7, 11) is 1.15. The van der Waals surface area contributed by atoms with Gasteiger partial charge in [-0.3, -0.25) is 5.41 Å². The highest BCUT2D eigenvalue weighted by atomic mass is 35.5. The van der Waals surface area contributed by atoms with Gasteiger partial charge in [0.25, 0.3) is 0 Å². The maximum atomic E-state index is 13.0. The van der Waals surface area contributed by atoms with E-state index in [1.807, 2.05) is 0 Å². The molecule has 0 aliphatic heterocycles. The lowest BCUT2D eigenvalue weighted by molar-refractivity contribution is -0.135. The molecule has 0 bridgehead atoms. The van der Waals surface area contributed by atoms with Crippen molar-refractivity contribution in [3.05, 3.63) is 87.9 Å². The van der Waals surface area contributed by atoms with Crippen LogP contribution in [0.5, 0.6) is 0 Å². The SMILES string of the molecule is COC(=O)C(C(=N)c1ccc(F)cc1)=C(O)/C=C/c1ccc(Cl)cc1. The van der Waals surface area contributed by atoms with E-state index in [2.05, 4.69) is 4.74 Å². The fraction of sp³-hybridized carbons (Fsp3) is 0.0526. The molecule has 0 amide bonds. The predicted molar refractivity (Wildman–Crippen MR) is 95.4 cm³/mol. The predicted octanol–water partition coefficient (Wildman–Crippen LogP) is 4.55. The molecule has 2 rings (SSSR count). The first-order valence-electron chi connectivity index (χ1n) is 7.22. The zero-order chi connectivity index (χ0) is 18.4. The van der Waals surface area contributed by atoms with Gasteiger partial charge in [-0.05, 0) is 48.0 Å². The molecule has 0 saturated carbocycles. The zero-order valence-electron chi connectivity index (χ0n) is 13.3. The third kappa shape index (κ3) is 4.78. The summed E-state index contributed by atoms with van der Waals surface area (Å²) in [6.07, 6.45) is 2.85. The van der Waals surface area contributed by atoms with Crippen LogP contribution in [0.25, 0.3) is 6.08 Å². The van der Waals surface area contributed by atoms with Gasteiger partial charge in [0.2, 0.25) is 0 Å². The number of halogens is 2. The average Bonchev–Trinajstić information content (AvgIpc) is 2.61. The number of carbonyl (C=O) groups excluding carboxylic acids is 1. The number of hydrogen-bond acceptors (Lipinski definition) is 4. The van der Waals surface area contributed by atoms with Crippen LogP contribution in [0.2, 0.25) is 5.02 Å². The molecule has 0 aliphatic rings. The second-order valence-corrected chi connectivity index (χ2v) is 5.46. The fourth-order valence-corrected chi connectivity index (χ4v) is 2.16. The van der Waals surface area contributed by atoms with Gasteiger partial charge < -0.3 is 9.84 Å². The van der Waals surface area contributed by atoms with Crippen molar-refractivity contribution in [2.24, 2.45) is 0 Å². The summed E-state index contributed by atoms with van der Waals surface area (Å²) < 4.78 is 17.7. The molecule has 128 valence electrons. The molecule has 0 saturated heterocycles. The Hall–Kier alpha value is -2.92. The first-order chi connectivity index (χ1) is 11.9. The Balaban J connectivity index is 2.38. The van der Waals surface area contributed by atoms with Crippen LogP contribution in [-0.4, -0.2) is 23.9 Å². The molecule has 2 N–H and O–H groups in total. The first kappa shape index (κ1) is 18.4. The van der Waals surface area contributed by atoms with Crippen LogP contribution < -0.4 is 0 Å². The molecule has 0 atom stereocenters. The number of allylic oxidation sites excluding steroid dienone is 1. The van der Waals surface area contributed by atoms with Crippen LogP contribution in [0.4, 0.5) is 4.39 Å². The number of hydrogen-bond donors (Lipinski definition) is 2. The number of carbonyl (C=O) groups is 1. The topological polar surface area (TPSA) is 70.4 Å². The van der Waals surface area contributed by atoms with Crippen molar-refractivity contribution in [3.8, 4) is 0 Å². The van der Waals surface area contributed by atoms with Crippen LogP contribution in [-0.2, 0) is 9.53 Å². The molecular formula is C19H15ClFNO3. The molecule has 0 radical (unpaired) electrons. The third-order valence-electron chi connectivity index (χ3n) is 3.33. The van der Waals surface area contributed by atoms with Gasteiger partial charge in [-0.25, -0.2) is 9.18 Å². The summed E-state index contributed by atoms with van der Waals surface area (Å²) in [5.74, 6) is -1.77. The van der Waals surface area contributed by atoms with Gasteiger partial charge in [0.1, 0.15) is 17.1 Å². The largest absolute Gasteiger partial charge is 0.507 e. The maximum absolute atomic E-state index is 13.0. The van der Waals surface area contributed by atoms with E-state index in [4.69, 9.17) is 17.0 Å². The smallest absolute Gasteiger partial charge is 0.343 e. The van der Waals surface area contributed by atoms with E-state index in [0.717, 1.165) is 12.7 Å². The molecule has 6 heteroatoms. The van der Waals surface area contributed by atoms with Crippen molar-refractivity contribution in [2.45, 2.75) is 0 Å². The molecule has 0 spiro atoms. The Kier molecular flexibility index (Phi) is 6.08. The molecule has 2 aromatic carbocycles. The molecule has 0 aromatic heterocycles. The van der Waals surface area contributed by atoms with E-state index in [9.17, 15) is 14.3 Å². The van der Waals surface area contributed by atoms with Crippen LogP contribution in [0.15, 0.2) is 65.9 Å². The molecule has 4 nitrogen and oxygen atoms in total. The zero-order valence-corrected chi connectivity index (χ0v) is 14.0. The fourth-order valence-electron chi connectivity index (χ4n) is 2.03. The lowest BCUT2D eigenvalue weighted by Crippen LogP contribution is -2.17. The highest BCUT2D eigenvalue weighted by Crippen LogP contribution is 2.16.